The zero-order valence-corrected chi connectivity index (χ0v) is 35.8. The van der Waals surface area contributed by atoms with Crippen molar-refractivity contribution in [3.8, 4) is 22.3 Å². The molecule has 0 unspecified atom stereocenters. The molecule has 9 aromatic carbocycles. The van der Waals surface area contributed by atoms with Crippen molar-refractivity contribution in [3.05, 3.63) is 240 Å². The van der Waals surface area contributed by atoms with Crippen molar-refractivity contribution in [1.82, 2.24) is 4.57 Å². The monoisotopic (exact) mass is 809 g/mol. The van der Waals surface area contributed by atoms with E-state index in [1.165, 1.54) is 71.3 Å². The van der Waals surface area contributed by atoms with Gasteiger partial charge in [-0.25, -0.2) is 4.99 Å². The molecule has 11 rings (SSSR count). The van der Waals surface area contributed by atoms with Crippen molar-refractivity contribution in [1.29, 1.82) is 5.41 Å². The topological polar surface area (TPSA) is 41.1 Å². The van der Waals surface area contributed by atoms with E-state index >= 15 is 0 Å². The van der Waals surface area contributed by atoms with E-state index in [1.54, 1.807) is 0 Å². The highest BCUT2D eigenvalue weighted by molar-refractivity contribution is 6.19. The minimum atomic E-state index is -0.103. The van der Waals surface area contributed by atoms with E-state index in [4.69, 9.17) is 10.4 Å². The third-order valence-corrected chi connectivity index (χ3v) is 12.7. The summed E-state index contributed by atoms with van der Waals surface area (Å²) in [5, 5.41) is 16.3. The van der Waals surface area contributed by atoms with Crippen molar-refractivity contribution in [2.45, 2.75) is 26.2 Å². The van der Waals surface area contributed by atoms with Crippen LogP contribution >= 0.6 is 0 Å². The van der Waals surface area contributed by atoms with Crippen molar-refractivity contribution in [3.63, 3.8) is 0 Å². The summed E-state index contributed by atoms with van der Waals surface area (Å²) in [6.07, 6.45) is 5.70. The Balaban J connectivity index is 0.000000469. The SMILES string of the molecule is C=Cc1ccccc1C.CC1(C)c2ccc(-c3cccc4c5cc6ccccc6cc5n(C=N/C(=C\C(=N)c5ccccc5)c5ccccc5)c34)cc2-c2c1ccc1ccccc21. The molecule has 10 aromatic rings. The van der Waals surface area contributed by atoms with Gasteiger partial charge in [-0.2, -0.15) is 0 Å². The summed E-state index contributed by atoms with van der Waals surface area (Å²) in [5.74, 6) is 0. The number of rotatable bonds is 7. The molecule has 3 heteroatoms. The van der Waals surface area contributed by atoms with Crippen molar-refractivity contribution in [2.24, 2.45) is 4.99 Å². The summed E-state index contributed by atoms with van der Waals surface area (Å²) in [4.78, 5) is 5.22. The number of aryl methyl sites for hydroxylation is 1. The minimum absolute atomic E-state index is 0.103. The highest BCUT2D eigenvalue weighted by Gasteiger charge is 2.36. The number of aromatic nitrogens is 1. The van der Waals surface area contributed by atoms with Crippen LogP contribution in [0.5, 0.6) is 0 Å². The molecule has 1 aromatic heterocycles. The van der Waals surface area contributed by atoms with Crippen LogP contribution in [0.25, 0.3) is 77.4 Å². The molecule has 0 saturated carbocycles. The smallest absolute Gasteiger partial charge is 0.100 e. The fourth-order valence-electron chi connectivity index (χ4n) is 9.41. The molecular formula is C60H47N3. The number of hydrogen-bond donors (Lipinski definition) is 1. The first-order chi connectivity index (χ1) is 30.8. The van der Waals surface area contributed by atoms with Gasteiger partial charge in [-0.1, -0.05) is 202 Å². The predicted octanol–water partition coefficient (Wildman–Crippen LogP) is 15.7. The lowest BCUT2D eigenvalue weighted by atomic mass is 9.82. The summed E-state index contributed by atoms with van der Waals surface area (Å²) >= 11 is 0. The highest BCUT2D eigenvalue weighted by Crippen LogP contribution is 2.52. The quantitative estimate of drug-likeness (QED) is 0.123. The van der Waals surface area contributed by atoms with Crippen LogP contribution in [-0.2, 0) is 5.41 Å². The summed E-state index contributed by atoms with van der Waals surface area (Å²) < 4.78 is 2.26. The largest absolute Gasteiger partial charge is 0.300 e. The molecule has 1 N–H and O–H groups in total. The molecule has 0 saturated heterocycles. The first-order valence-electron chi connectivity index (χ1n) is 21.6. The Bertz CT molecular complexity index is 3460. The Hall–Kier alpha value is -7.88. The molecule has 1 aliphatic carbocycles. The summed E-state index contributed by atoms with van der Waals surface area (Å²) in [7, 11) is 0. The average molecular weight is 810 g/mol. The van der Waals surface area contributed by atoms with Crippen molar-refractivity contribution >= 4 is 67.2 Å². The Labute approximate surface area is 369 Å². The lowest BCUT2D eigenvalue weighted by Gasteiger charge is -2.21. The number of fused-ring (bicyclic) bond motifs is 9. The average Bonchev–Trinajstić information content (AvgIpc) is 3.76. The Kier molecular flexibility index (Phi) is 10.1. The van der Waals surface area contributed by atoms with Crippen LogP contribution in [0.3, 0.4) is 0 Å². The molecule has 302 valence electrons. The molecule has 0 bridgehead atoms. The molecule has 0 atom stereocenters. The molecule has 0 radical (unpaired) electrons. The van der Waals surface area contributed by atoms with Gasteiger partial charge in [-0.3, -0.25) is 4.57 Å². The lowest BCUT2D eigenvalue weighted by Crippen LogP contribution is -2.14. The Morgan fingerprint density at radius 2 is 1.21 bits per heavy atom. The number of allylic oxidation sites excluding steroid dienone is 1. The number of hydrogen-bond acceptors (Lipinski definition) is 2. The van der Waals surface area contributed by atoms with Gasteiger partial charge >= 0.3 is 0 Å². The standard InChI is InChI=1S/C51H37N3.C9H10/c1-51(2)44-26-25-38(29-43(44)49-39-21-12-11-14-33(39)24-27-45(49)51)40-22-13-23-41-42-28-36-19-9-10-20-37(36)30-48(42)54(50(40)41)32-53-47(35-17-7-4-8-18-35)31-46(52)34-15-5-3-6-16-34;1-3-9-7-5-4-6-8(9)2/h3-32,52H,1-2H3;3-7H,1H2,2H3/b47-31-,52-46?,53-32?;. The number of para-hydroxylation sites is 1. The van der Waals surface area contributed by atoms with Gasteiger partial charge in [0.25, 0.3) is 0 Å². The maximum absolute atomic E-state index is 9.00. The first kappa shape index (κ1) is 39.3. The van der Waals surface area contributed by atoms with E-state index in [0.717, 1.165) is 33.4 Å². The molecular weight excluding hydrogens is 763 g/mol. The maximum Gasteiger partial charge on any atom is 0.100 e. The summed E-state index contributed by atoms with van der Waals surface area (Å²) in [6, 6.07) is 68.4. The van der Waals surface area contributed by atoms with Gasteiger partial charge in [0.2, 0.25) is 0 Å². The zero-order chi connectivity index (χ0) is 43.1. The minimum Gasteiger partial charge on any atom is -0.300 e. The van der Waals surface area contributed by atoms with Crippen molar-refractivity contribution < 1.29 is 0 Å². The third kappa shape index (κ3) is 7.08. The lowest BCUT2D eigenvalue weighted by molar-refractivity contribution is 0.661. The maximum atomic E-state index is 9.00. The Morgan fingerprint density at radius 1 is 0.571 bits per heavy atom. The first-order valence-corrected chi connectivity index (χ1v) is 21.6. The van der Waals surface area contributed by atoms with E-state index in [0.29, 0.717) is 5.71 Å². The molecule has 1 aliphatic rings. The Morgan fingerprint density at radius 3 is 1.94 bits per heavy atom. The second-order valence-electron chi connectivity index (χ2n) is 16.9. The van der Waals surface area contributed by atoms with Crippen LogP contribution < -0.4 is 0 Å². The molecule has 63 heavy (non-hydrogen) atoms. The van der Waals surface area contributed by atoms with Gasteiger partial charge in [0.05, 0.1) is 22.4 Å². The van der Waals surface area contributed by atoms with Gasteiger partial charge in [0.1, 0.15) is 6.34 Å². The second-order valence-corrected chi connectivity index (χ2v) is 16.9. The van der Waals surface area contributed by atoms with Gasteiger partial charge in [0.15, 0.2) is 0 Å². The summed E-state index contributed by atoms with van der Waals surface area (Å²) in [6.45, 7) is 10.5. The number of nitrogens with one attached hydrogen (secondary N) is 1. The number of benzene rings is 9. The van der Waals surface area contributed by atoms with Crippen LogP contribution in [0.1, 0.15) is 47.2 Å². The van der Waals surface area contributed by atoms with Crippen LogP contribution in [0.4, 0.5) is 0 Å². The predicted molar refractivity (Wildman–Crippen MR) is 270 cm³/mol. The summed E-state index contributed by atoms with van der Waals surface area (Å²) in [5.41, 5.74) is 15.2. The van der Waals surface area contributed by atoms with Crippen LogP contribution in [0.15, 0.2) is 212 Å². The fourth-order valence-corrected chi connectivity index (χ4v) is 9.41. The highest BCUT2D eigenvalue weighted by atomic mass is 15.0. The van der Waals surface area contributed by atoms with Crippen LogP contribution in [0.2, 0.25) is 0 Å². The van der Waals surface area contributed by atoms with Gasteiger partial charge in [-0.05, 0) is 97.3 Å². The van der Waals surface area contributed by atoms with Crippen LogP contribution in [0, 0.1) is 12.3 Å². The van der Waals surface area contributed by atoms with Gasteiger partial charge in [-0.15, -0.1) is 0 Å². The van der Waals surface area contributed by atoms with Gasteiger partial charge in [0, 0.05) is 27.3 Å². The second kappa shape index (κ2) is 16.2. The van der Waals surface area contributed by atoms with E-state index in [-0.39, 0.29) is 5.41 Å². The molecule has 0 aliphatic heterocycles. The van der Waals surface area contributed by atoms with E-state index < -0.39 is 0 Å². The normalized spacial score (nSPS) is 13.0. The molecule has 1 heterocycles. The molecule has 0 fully saturated rings. The van der Waals surface area contributed by atoms with E-state index in [2.05, 4.69) is 165 Å². The van der Waals surface area contributed by atoms with E-state index in [9.17, 15) is 0 Å². The van der Waals surface area contributed by atoms with Gasteiger partial charge < -0.3 is 5.41 Å². The number of aliphatic imine (C=N–C) groups is 1. The van der Waals surface area contributed by atoms with Crippen molar-refractivity contribution in [2.75, 3.05) is 0 Å². The molecule has 3 nitrogen and oxygen atoms in total. The van der Waals surface area contributed by atoms with E-state index in [1.807, 2.05) is 79.2 Å². The fraction of sp³-hybridized carbons (Fsp3) is 0.0667. The van der Waals surface area contributed by atoms with Crippen LogP contribution in [-0.4, -0.2) is 16.6 Å². The molecule has 0 amide bonds. The molecule has 0 spiro atoms. The number of nitrogens with zero attached hydrogens (tertiary/aromatic N) is 2. The third-order valence-electron chi connectivity index (χ3n) is 12.7. The zero-order valence-electron chi connectivity index (χ0n) is 35.8.